The molecule has 1 atom stereocenters. The van der Waals surface area contributed by atoms with Crippen LogP contribution in [0.4, 0.5) is 0 Å². The van der Waals surface area contributed by atoms with Gasteiger partial charge >= 0.3 is 0 Å². The third kappa shape index (κ3) is 4.32. The molecule has 5 heteroatoms. The van der Waals surface area contributed by atoms with Gasteiger partial charge in [-0.2, -0.15) is 4.31 Å². The molecule has 1 unspecified atom stereocenters. The van der Waals surface area contributed by atoms with E-state index in [0.29, 0.717) is 12.4 Å². The molecule has 0 radical (unpaired) electrons. The zero-order valence-electron chi connectivity index (χ0n) is 8.53. The molecule has 0 heterocycles. The highest BCUT2D eigenvalue weighted by atomic mass is 35.5. The van der Waals surface area contributed by atoms with Gasteiger partial charge in [-0.3, -0.25) is 0 Å². The van der Waals surface area contributed by atoms with Crippen molar-refractivity contribution in [3.05, 3.63) is 0 Å². The molecule has 0 saturated carbocycles. The van der Waals surface area contributed by atoms with Crippen LogP contribution in [0.1, 0.15) is 13.8 Å². The molecule has 0 aliphatic carbocycles. The van der Waals surface area contributed by atoms with Crippen molar-refractivity contribution >= 4 is 21.6 Å². The lowest BCUT2D eigenvalue weighted by atomic mass is 10.3. The van der Waals surface area contributed by atoms with E-state index in [-0.39, 0.29) is 18.2 Å². The highest BCUT2D eigenvalue weighted by molar-refractivity contribution is 7.89. The zero-order valence-corrected chi connectivity index (χ0v) is 10.1. The second-order valence-electron chi connectivity index (χ2n) is 3.17. The first kappa shape index (κ1) is 13.8. The number of rotatable bonds is 6. The average Bonchev–Trinajstić information content (AvgIpc) is 2.12. The number of nitrogens with zero attached hydrogens (tertiary/aromatic N) is 1. The van der Waals surface area contributed by atoms with E-state index in [1.807, 2.05) is 0 Å². The summed E-state index contributed by atoms with van der Waals surface area (Å²) in [4.78, 5) is 0. The van der Waals surface area contributed by atoms with Gasteiger partial charge in [-0.1, -0.05) is 19.8 Å². The van der Waals surface area contributed by atoms with Gasteiger partial charge < -0.3 is 0 Å². The lowest BCUT2D eigenvalue weighted by Crippen LogP contribution is -2.35. The molecule has 0 aromatic carbocycles. The summed E-state index contributed by atoms with van der Waals surface area (Å²) in [6.45, 7) is 4.10. The lowest BCUT2D eigenvalue weighted by Gasteiger charge is -2.19. The number of sulfonamides is 1. The third-order valence-electron chi connectivity index (χ3n) is 1.77. The van der Waals surface area contributed by atoms with E-state index < -0.39 is 10.0 Å². The van der Waals surface area contributed by atoms with Gasteiger partial charge in [0.1, 0.15) is 0 Å². The summed E-state index contributed by atoms with van der Waals surface area (Å²) in [6.07, 6.45) is 5.08. The van der Waals surface area contributed by atoms with Crippen LogP contribution >= 0.6 is 11.6 Å². The Morgan fingerprint density at radius 2 is 2.14 bits per heavy atom. The van der Waals surface area contributed by atoms with Crippen molar-refractivity contribution in [2.75, 3.05) is 24.7 Å². The Hall–Kier alpha value is -0.240. The fourth-order valence-corrected chi connectivity index (χ4v) is 2.97. The van der Waals surface area contributed by atoms with Gasteiger partial charge in [-0.05, 0) is 5.92 Å². The van der Waals surface area contributed by atoms with E-state index in [1.165, 1.54) is 4.31 Å². The Labute approximate surface area is 91.5 Å². The van der Waals surface area contributed by atoms with Crippen molar-refractivity contribution in [2.24, 2.45) is 5.92 Å². The molecule has 0 amide bonds. The van der Waals surface area contributed by atoms with Crippen LogP contribution in [0.25, 0.3) is 0 Å². The summed E-state index contributed by atoms with van der Waals surface area (Å²) in [5.74, 6) is 2.68. The highest BCUT2D eigenvalue weighted by Crippen LogP contribution is 2.08. The van der Waals surface area contributed by atoms with Crippen LogP contribution in [0.2, 0.25) is 0 Å². The fraction of sp³-hybridized carbons (Fsp3) is 0.778. The predicted octanol–water partition coefficient (Wildman–Crippen LogP) is 1.15. The number of halogens is 1. The van der Waals surface area contributed by atoms with Crippen molar-refractivity contribution in [1.82, 2.24) is 4.31 Å². The van der Waals surface area contributed by atoms with Crippen molar-refractivity contribution < 1.29 is 8.42 Å². The largest absolute Gasteiger partial charge is 0.215 e. The lowest BCUT2D eigenvalue weighted by molar-refractivity contribution is 0.457. The first-order valence-corrected chi connectivity index (χ1v) is 6.59. The van der Waals surface area contributed by atoms with E-state index in [0.717, 1.165) is 0 Å². The summed E-state index contributed by atoms with van der Waals surface area (Å²) in [6, 6.07) is 0. The molecular weight excluding hydrogens is 222 g/mol. The maximum Gasteiger partial charge on any atom is 0.215 e. The highest BCUT2D eigenvalue weighted by Gasteiger charge is 2.21. The standard InChI is InChI=1S/C9H16ClNO2S/c1-4-6-11(5-2)14(12,13)8-9(3)7-10/h1,9H,5-8H2,2-3H3. The van der Waals surface area contributed by atoms with Crippen LogP contribution in [0.15, 0.2) is 0 Å². The molecule has 0 bridgehead atoms. The molecule has 0 fully saturated rings. The van der Waals surface area contributed by atoms with E-state index in [2.05, 4.69) is 5.92 Å². The molecule has 0 aromatic heterocycles. The Balaban J connectivity index is 4.51. The molecule has 0 aliphatic rings. The third-order valence-corrected chi connectivity index (χ3v) is 4.46. The van der Waals surface area contributed by atoms with Crippen LogP contribution < -0.4 is 0 Å². The van der Waals surface area contributed by atoms with Crippen LogP contribution in [0, 0.1) is 18.3 Å². The molecule has 0 rings (SSSR count). The van der Waals surface area contributed by atoms with Crippen molar-refractivity contribution in [3.63, 3.8) is 0 Å². The van der Waals surface area contributed by atoms with Gasteiger partial charge in [-0.15, -0.1) is 18.0 Å². The summed E-state index contributed by atoms with van der Waals surface area (Å²) >= 11 is 5.56. The van der Waals surface area contributed by atoms with Crippen molar-refractivity contribution in [2.45, 2.75) is 13.8 Å². The topological polar surface area (TPSA) is 37.4 Å². The summed E-state index contributed by atoms with van der Waals surface area (Å²) < 4.78 is 24.7. The number of terminal acetylenes is 1. The fourth-order valence-electron chi connectivity index (χ4n) is 1.02. The number of hydrogen-bond acceptors (Lipinski definition) is 2. The molecule has 0 aromatic rings. The Morgan fingerprint density at radius 1 is 1.57 bits per heavy atom. The van der Waals surface area contributed by atoms with Crippen LogP contribution in [0.5, 0.6) is 0 Å². The van der Waals surface area contributed by atoms with E-state index in [1.54, 1.807) is 13.8 Å². The first-order chi connectivity index (χ1) is 6.47. The van der Waals surface area contributed by atoms with Gasteiger partial charge in [0.05, 0.1) is 12.3 Å². The number of hydrogen-bond donors (Lipinski definition) is 0. The van der Waals surface area contributed by atoms with Gasteiger partial charge in [0.2, 0.25) is 10.0 Å². The van der Waals surface area contributed by atoms with Gasteiger partial charge in [-0.25, -0.2) is 8.42 Å². The van der Waals surface area contributed by atoms with E-state index in [4.69, 9.17) is 18.0 Å². The minimum atomic E-state index is -3.24. The van der Waals surface area contributed by atoms with Crippen molar-refractivity contribution in [1.29, 1.82) is 0 Å². The van der Waals surface area contributed by atoms with Gasteiger partial charge in [0.15, 0.2) is 0 Å². The maximum absolute atomic E-state index is 11.7. The Morgan fingerprint density at radius 3 is 2.50 bits per heavy atom. The summed E-state index contributed by atoms with van der Waals surface area (Å²) in [5, 5.41) is 0. The molecular formula is C9H16ClNO2S. The molecule has 3 nitrogen and oxygen atoms in total. The minimum Gasteiger partial charge on any atom is -0.212 e. The van der Waals surface area contributed by atoms with Gasteiger partial charge in [0, 0.05) is 12.4 Å². The van der Waals surface area contributed by atoms with Crippen LogP contribution in [0.3, 0.4) is 0 Å². The summed E-state index contributed by atoms with van der Waals surface area (Å²) in [7, 11) is -3.24. The first-order valence-electron chi connectivity index (χ1n) is 4.45. The second kappa shape index (κ2) is 6.28. The second-order valence-corrected chi connectivity index (χ2v) is 5.49. The average molecular weight is 238 g/mol. The van der Waals surface area contributed by atoms with Gasteiger partial charge in [0.25, 0.3) is 0 Å². The van der Waals surface area contributed by atoms with Crippen molar-refractivity contribution in [3.8, 4) is 12.3 Å². The van der Waals surface area contributed by atoms with Crippen LogP contribution in [-0.2, 0) is 10.0 Å². The molecule has 0 aliphatic heterocycles. The molecule has 0 saturated heterocycles. The monoisotopic (exact) mass is 237 g/mol. The summed E-state index contributed by atoms with van der Waals surface area (Å²) in [5.41, 5.74) is 0. The molecule has 0 spiro atoms. The molecule has 0 N–H and O–H groups in total. The number of alkyl halides is 1. The van der Waals surface area contributed by atoms with Crippen LogP contribution in [-0.4, -0.2) is 37.4 Å². The quantitative estimate of drug-likeness (QED) is 0.513. The minimum absolute atomic E-state index is 0.0477. The molecule has 82 valence electrons. The Bertz CT molecular complexity index is 294. The predicted molar refractivity (Wildman–Crippen MR) is 59.8 cm³/mol. The molecule has 14 heavy (non-hydrogen) atoms. The smallest absolute Gasteiger partial charge is 0.212 e. The zero-order chi connectivity index (χ0) is 11.2. The Kier molecular flexibility index (Phi) is 6.17. The SMILES string of the molecule is C#CCN(CC)S(=O)(=O)CC(C)CCl. The maximum atomic E-state index is 11.7. The normalized spacial score (nSPS) is 13.9. The van der Waals surface area contributed by atoms with E-state index >= 15 is 0 Å². The van der Waals surface area contributed by atoms with E-state index in [9.17, 15) is 8.42 Å².